The van der Waals surface area contributed by atoms with Crippen molar-refractivity contribution in [1.29, 1.82) is 0 Å². The molecule has 0 radical (unpaired) electrons. The second-order valence-corrected chi connectivity index (χ2v) is 21.6. The maximum atomic E-state index is 11.7. The quantitative estimate of drug-likeness (QED) is 0.320. The zero-order valence-electron chi connectivity index (χ0n) is 14.3. The van der Waals surface area contributed by atoms with Crippen LogP contribution in [-0.2, 0) is 0 Å². The van der Waals surface area contributed by atoms with E-state index in [1.807, 2.05) is 11.3 Å². The number of hydrogen-bond donors (Lipinski definition) is 0. The molecule has 0 aliphatic heterocycles. The summed E-state index contributed by atoms with van der Waals surface area (Å²) in [6.45, 7) is 8.64. The Kier molecular flexibility index (Phi) is 9.19. The first-order chi connectivity index (χ1) is 10.1. The Morgan fingerprint density at radius 3 is 1.76 bits per heavy atom. The number of ketones is 1. The van der Waals surface area contributed by atoms with E-state index < -0.39 is 18.4 Å². The van der Waals surface area contributed by atoms with E-state index in [-0.39, 0.29) is 5.78 Å². The topological polar surface area (TPSA) is 17.1 Å². The van der Waals surface area contributed by atoms with Crippen LogP contribution < -0.4 is 2.89 Å². The molecule has 21 heavy (non-hydrogen) atoms. The predicted octanol–water partition coefficient (Wildman–Crippen LogP) is 6.01. The van der Waals surface area contributed by atoms with Crippen molar-refractivity contribution < 1.29 is 4.79 Å². The van der Waals surface area contributed by atoms with Gasteiger partial charge in [-0.2, -0.15) is 0 Å². The molecule has 0 saturated heterocycles. The summed E-state index contributed by atoms with van der Waals surface area (Å²) in [5.41, 5.74) is 0. The normalized spacial score (nSPS) is 11.8. The second kappa shape index (κ2) is 10.0. The Morgan fingerprint density at radius 2 is 1.43 bits per heavy atom. The van der Waals surface area contributed by atoms with Crippen LogP contribution in [0.5, 0.6) is 0 Å². The van der Waals surface area contributed by atoms with Crippen molar-refractivity contribution in [1.82, 2.24) is 0 Å². The molecular weight excluding hydrogens is 383 g/mol. The van der Waals surface area contributed by atoms with Gasteiger partial charge in [0.15, 0.2) is 0 Å². The number of unbranched alkanes of at least 4 members (excludes halogenated alkanes) is 3. The number of carbonyl (C=O) groups excluding carboxylic acids is 1. The van der Waals surface area contributed by atoms with Gasteiger partial charge < -0.3 is 0 Å². The standard InChI is InChI=1S/C6H5OS.3C4H9.Sn/c1-5(7)6-3-2-4-8-6;3*1-3-4-2;/h2-3H,1H3;3*1,3-4H2,2H3;. The monoisotopic (exact) mass is 416 g/mol. The molecule has 0 aliphatic carbocycles. The van der Waals surface area contributed by atoms with E-state index in [4.69, 9.17) is 0 Å². The van der Waals surface area contributed by atoms with Crippen LogP contribution in [0.15, 0.2) is 12.1 Å². The molecule has 1 nitrogen and oxygen atoms in total. The summed E-state index contributed by atoms with van der Waals surface area (Å²) in [7, 11) is 0. The Morgan fingerprint density at radius 1 is 0.952 bits per heavy atom. The van der Waals surface area contributed by atoms with Crippen LogP contribution in [0.3, 0.4) is 0 Å². The van der Waals surface area contributed by atoms with E-state index in [0.29, 0.717) is 0 Å². The van der Waals surface area contributed by atoms with Gasteiger partial charge in [-0.1, -0.05) is 0 Å². The summed E-state index contributed by atoms with van der Waals surface area (Å²) in [5.74, 6) is 0.243. The summed E-state index contributed by atoms with van der Waals surface area (Å²) in [6, 6.07) is 4.43. The molecule has 0 aromatic carbocycles. The van der Waals surface area contributed by atoms with E-state index in [1.54, 1.807) is 9.82 Å². The van der Waals surface area contributed by atoms with Crippen molar-refractivity contribution in [3.05, 3.63) is 17.0 Å². The molecular formula is C18H32OSSn. The van der Waals surface area contributed by atoms with Crippen LogP contribution in [0.4, 0.5) is 0 Å². The SMILES string of the molecule is CCC[CH2][Sn]([CH2]CCC)([CH2]CCC)[c]1ccc(C(C)=O)s1. The zero-order valence-corrected chi connectivity index (χ0v) is 18.0. The number of carbonyl (C=O) groups is 1. The average Bonchev–Trinajstić information content (AvgIpc) is 2.97. The van der Waals surface area contributed by atoms with Gasteiger partial charge in [0.05, 0.1) is 0 Å². The first-order valence-corrected chi connectivity index (χ1v) is 17.0. The fraction of sp³-hybridized carbons (Fsp3) is 0.722. The van der Waals surface area contributed by atoms with Crippen molar-refractivity contribution in [2.45, 2.75) is 79.5 Å². The summed E-state index contributed by atoms with van der Waals surface area (Å²) in [6.07, 6.45) is 8.08. The number of hydrogen-bond acceptors (Lipinski definition) is 2. The minimum absolute atomic E-state index is 0.243. The van der Waals surface area contributed by atoms with Gasteiger partial charge >= 0.3 is 140 Å². The van der Waals surface area contributed by atoms with Crippen LogP contribution in [-0.4, -0.2) is 24.2 Å². The molecule has 0 unspecified atom stereocenters. The third-order valence-electron chi connectivity index (χ3n) is 4.50. The second-order valence-electron chi connectivity index (χ2n) is 6.31. The van der Waals surface area contributed by atoms with Gasteiger partial charge in [0.2, 0.25) is 0 Å². The molecule has 0 amide bonds. The molecule has 0 bridgehead atoms. The molecule has 0 spiro atoms. The van der Waals surface area contributed by atoms with Gasteiger partial charge in [0.1, 0.15) is 0 Å². The van der Waals surface area contributed by atoms with Crippen molar-refractivity contribution in [2.24, 2.45) is 0 Å². The summed E-state index contributed by atoms with van der Waals surface area (Å²) in [5, 5.41) is 0. The molecule has 3 heteroatoms. The van der Waals surface area contributed by atoms with Crippen molar-refractivity contribution in [3.8, 4) is 0 Å². The van der Waals surface area contributed by atoms with Crippen LogP contribution in [0.25, 0.3) is 0 Å². The van der Waals surface area contributed by atoms with Crippen molar-refractivity contribution in [2.75, 3.05) is 0 Å². The summed E-state index contributed by atoms with van der Waals surface area (Å²) < 4.78 is 6.14. The van der Waals surface area contributed by atoms with Gasteiger partial charge in [-0.3, -0.25) is 0 Å². The van der Waals surface area contributed by atoms with Crippen LogP contribution in [0, 0.1) is 0 Å². The minimum atomic E-state index is -2.27. The average molecular weight is 415 g/mol. The van der Waals surface area contributed by atoms with Crippen molar-refractivity contribution >= 4 is 38.4 Å². The Bertz CT molecular complexity index is 403. The van der Waals surface area contributed by atoms with E-state index in [1.165, 1.54) is 51.8 Å². The van der Waals surface area contributed by atoms with E-state index in [2.05, 4.69) is 32.9 Å². The van der Waals surface area contributed by atoms with Crippen LogP contribution in [0.2, 0.25) is 13.3 Å². The Hall–Kier alpha value is 0.169. The fourth-order valence-corrected chi connectivity index (χ4v) is 23.1. The molecule has 0 aliphatic rings. The number of thiophene rings is 1. The van der Waals surface area contributed by atoms with Gasteiger partial charge in [-0.05, 0) is 0 Å². The molecule has 120 valence electrons. The first kappa shape index (κ1) is 19.2. The van der Waals surface area contributed by atoms with Gasteiger partial charge in [0.25, 0.3) is 0 Å². The molecule has 1 aromatic rings. The molecule has 0 fully saturated rings. The van der Waals surface area contributed by atoms with Gasteiger partial charge in [-0.25, -0.2) is 0 Å². The third kappa shape index (κ3) is 5.70. The molecule has 0 saturated carbocycles. The molecule has 0 atom stereocenters. The molecule has 0 N–H and O–H groups in total. The van der Waals surface area contributed by atoms with E-state index >= 15 is 0 Å². The Balaban J connectivity index is 3.06. The number of Topliss-reactive ketones (excluding diaryl/α,β-unsaturated/α-hetero) is 1. The van der Waals surface area contributed by atoms with Crippen LogP contribution in [0.1, 0.15) is 75.9 Å². The molecule has 1 heterocycles. The zero-order chi connectivity index (χ0) is 15.7. The van der Waals surface area contributed by atoms with Crippen LogP contribution >= 0.6 is 11.3 Å². The Labute approximate surface area is 139 Å². The van der Waals surface area contributed by atoms with Gasteiger partial charge in [-0.15, -0.1) is 0 Å². The van der Waals surface area contributed by atoms with E-state index in [9.17, 15) is 4.79 Å². The molecule has 1 aromatic heterocycles. The third-order valence-corrected chi connectivity index (χ3v) is 24.0. The predicted molar refractivity (Wildman–Crippen MR) is 98.9 cm³/mol. The molecule has 1 rings (SSSR count). The van der Waals surface area contributed by atoms with Crippen molar-refractivity contribution in [3.63, 3.8) is 0 Å². The van der Waals surface area contributed by atoms with E-state index in [0.717, 1.165) is 4.88 Å². The van der Waals surface area contributed by atoms with Gasteiger partial charge in [0, 0.05) is 0 Å². The fourth-order valence-electron chi connectivity index (χ4n) is 3.10. The summed E-state index contributed by atoms with van der Waals surface area (Å²) >= 11 is -0.427. The summed E-state index contributed by atoms with van der Waals surface area (Å²) in [4.78, 5) is 12.6. The number of rotatable bonds is 11. The maximum absolute atomic E-state index is 11.7. The first-order valence-electron chi connectivity index (χ1n) is 8.71.